The van der Waals surface area contributed by atoms with E-state index >= 15 is 0 Å². The van der Waals surface area contributed by atoms with Crippen molar-refractivity contribution in [1.29, 1.82) is 0 Å². The van der Waals surface area contributed by atoms with Crippen molar-refractivity contribution in [3.63, 3.8) is 0 Å². The largest absolute Gasteiger partial charge is 0.441 e. The van der Waals surface area contributed by atoms with E-state index in [4.69, 9.17) is 4.42 Å². The summed E-state index contributed by atoms with van der Waals surface area (Å²) in [7, 11) is 0. The maximum absolute atomic E-state index is 11.9. The zero-order valence-electron chi connectivity index (χ0n) is 13.4. The zero-order valence-corrected chi connectivity index (χ0v) is 13.4. The summed E-state index contributed by atoms with van der Waals surface area (Å²) in [4.78, 5) is 16.2. The Bertz CT molecular complexity index is 664. The van der Waals surface area contributed by atoms with Gasteiger partial charge in [0.1, 0.15) is 5.52 Å². The molecule has 2 aromatic rings. The Labute approximate surface area is 129 Å². The first-order chi connectivity index (χ1) is 10.3. The monoisotopic (exact) mass is 305 g/mol. The number of aliphatic hydroxyl groups is 1. The fraction of sp³-hybridized carbons (Fsp3) is 0.500. The number of benzene rings is 1. The zero-order chi connectivity index (χ0) is 16.3. The van der Waals surface area contributed by atoms with E-state index in [1.54, 1.807) is 32.0 Å². The third-order valence-electron chi connectivity index (χ3n) is 4.03. The summed E-state index contributed by atoms with van der Waals surface area (Å²) in [6.07, 6.45) is 0.846. The van der Waals surface area contributed by atoms with Gasteiger partial charge < -0.3 is 20.2 Å². The molecule has 0 saturated carbocycles. The molecule has 1 aromatic carbocycles. The third-order valence-corrected chi connectivity index (χ3v) is 4.03. The van der Waals surface area contributed by atoms with E-state index in [2.05, 4.69) is 15.6 Å². The van der Waals surface area contributed by atoms with Crippen LogP contribution in [0.3, 0.4) is 0 Å². The van der Waals surface area contributed by atoms with Crippen LogP contribution < -0.4 is 10.6 Å². The summed E-state index contributed by atoms with van der Waals surface area (Å²) in [5.41, 5.74) is 1.07. The van der Waals surface area contributed by atoms with Gasteiger partial charge >= 0.3 is 6.03 Å². The number of hydrogen-bond donors (Lipinski definition) is 3. The molecule has 22 heavy (non-hydrogen) atoms. The second-order valence-corrected chi connectivity index (χ2v) is 5.89. The lowest BCUT2D eigenvalue weighted by molar-refractivity contribution is 0.00827. The van der Waals surface area contributed by atoms with Gasteiger partial charge in [0.2, 0.25) is 0 Å². The molecular weight excluding hydrogens is 282 g/mol. The number of nitrogens with zero attached hydrogens (tertiary/aromatic N) is 1. The minimum absolute atomic E-state index is 0.0993. The first-order valence-corrected chi connectivity index (χ1v) is 7.46. The van der Waals surface area contributed by atoms with Crippen molar-refractivity contribution in [2.75, 3.05) is 11.9 Å². The van der Waals surface area contributed by atoms with E-state index in [0.717, 1.165) is 6.42 Å². The maximum Gasteiger partial charge on any atom is 0.319 e. The van der Waals surface area contributed by atoms with E-state index in [-0.39, 0.29) is 18.5 Å². The molecule has 2 atom stereocenters. The lowest BCUT2D eigenvalue weighted by Crippen LogP contribution is -2.46. The Kier molecular flexibility index (Phi) is 4.71. The van der Waals surface area contributed by atoms with Crippen molar-refractivity contribution in [2.24, 2.45) is 5.92 Å². The Morgan fingerprint density at radius 2 is 2.23 bits per heavy atom. The normalized spacial score (nSPS) is 15.3. The molecule has 1 heterocycles. The van der Waals surface area contributed by atoms with Gasteiger partial charge in [0.15, 0.2) is 11.5 Å². The smallest absolute Gasteiger partial charge is 0.319 e. The molecule has 2 unspecified atom stereocenters. The van der Waals surface area contributed by atoms with Gasteiger partial charge in [-0.3, -0.25) is 0 Å². The molecule has 6 heteroatoms. The van der Waals surface area contributed by atoms with Crippen molar-refractivity contribution in [2.45, 2.75) is 39.7 Å². The van der Waals surface area contributed by atoms with Crippen LogP contribution in [0.1, 0.15) is 33.1 Å². The van der Waals surface area contributed by atoms with Crippen LogP contribution in [0.2, 0.25) is 0 Å². The average Bonchev–Trinajstić information content (AvgIpc) is 2.83. The molecular formula is C16H23N3O3. The second kappa shape index (κ2) is 6.36. The van der Waals surface area contributed by atoms with E-state index in [9.17, 15) is 9.90 Å². The molecule has 0 fully saturated rings. The highest BCUT2D eigenvalue weighted by Gasteiger charge is 2.27. The van der Waals surface area contributed by atoms with Gasteiger partial charge in [0.05, 0.1) is 5.60 Å². The molecule has 120 valence electrons. The molecule has 2 rings (SSSR count). The highest BCUT2D eigenvalue weighted by atomic mass is 16.3. The molecule has 0 radical (unpaired) electrons. The molecule has 0 aliphatic carbocycles. The van der Waals surface area contributed by atoms with Crippen LogP contribution in [0.15, 0.2) is 22.6 Å². The Morgan fingerprint density at radius 3 is 2.91 bits per heavy atom. The number of hydrogen-bond acceptors (Lipinski definition) is 4. The number of nitrogens with one attached hydrogen (secondary N) is 2. The van der Waals surface area contributed by atoms with Gasteiger partial charge in [-0.05, 0) is 31.0 Å². The first-order valence-electron chi connectivity index (χ1n) is 7.46. The molecule has 3 N–H and O–H groups in total. The van der Waals surface area contributed by atoms with Crippen molar-refractivity contribution in [1.82, 2.24) is 10.3 Å². The molecule has 1 aromatic heterocycles. The number of amides is 2. The van der Waals surface area contributed by atoms with E-state index in [1.807, 2.05) is 13.8 Å². The van der Waals surface area contributed by atoms with Gasteiger partial charge in [-0.25, -0.2) is 9.78 Å². The van der Waals surface area contributed by atoms with E-state index < -0.39 is 5.60 Å². The van der Waals surface area contributed by atoms with Crippen LogP contribution in [0.4, 0.5) is 10.5 Å². The van der Waals surface area contributed by atoms with Crippen molar-refractivity contribution < 1.29 is 14.3 Å². The fourth-order valence-electron chi connectivity index (χ4n) is 2.17. The topological polar surface area (TPSA) is 87.4 Å². The molecule has 0 saturated heterocycles. The lowest BCUT2D eigenvalue weighted by Gasteiger charge is -2.29. The molecule has 0 aliphatic rings. The number of carbonyl (C=O) groups excluding carboxylic acids is 1. The second-order valence-electron chi connectivity index (χ2n) is 5.89. The predicted molar refractivity (Wildman–Crippen MR) is 85.8 cm³/mol. The summed E-state index contributed by atoms with van der Waals surface area (Å²) >= 11 is 0. The number of aryl methyl sites for hydroxylation is 1. The molecule has 2 amide bonds. The van der Waals surface area contributed by atoms with E-state index in [0.29, 0.717) is 22.7 Å². The maximum atomic E-state index is 11.9. The number of anilines is 1. The average molecular weight is 305 g/mol. The number of rotatable bonds is 5. The molecule has 0 aliphatic heterocycles. The number of oxazole rings is 1. The minimum atomic E-state index is -0.931. The number of fused-ring (bicyclic) bond motifs is 1. The minimum Gasteiger partial charge on any atom is -0.441 e. The molecule has 6 nitrogen and oxygen atoms in total. The Hall–Kier alpha value is -2.08. The van der Waals surface area contributed by atoms with Gasteiger partial charge in [-0.1, -0.05) is 20.3 Å². The Morgan fingerprint density at radius 1 is 1.50 bits per heavy atom. The van der Waals surface area contributed by atoms with Crippen molar-refractivity contribution in [3.05, 3.63) is 24.1 Å². The summed E-state index contributed by atoms with van der Waals surface area (Å²) in [5.74, 6) is 0.684. The van der Waals surface area contributed by atoms with Gasteiger partial charge in [0, 0.05) is 19.2 Å². The van der Waals surface area contributed by atoms with Gasteiger partial charge in [-0.15, -0.1) is 0 Å². The summed E-state index contributed by atoms with van der Waals surface area (Å²) in [6, 6.07) is 4.90. The number of urea groups is 1. The Balaban J connectivity index is 1.96. The van der Waals surface area contributed by atoms with Gasteiger partial charge in [0.25, 0.3) is 0 Å². The number of aromatic nitrogens is 1. The SMILES string of the molecule is CCC(C)C(C)(O)CNC(=O)Nc1ccc2oc(C)nc2c1. The highest BCUT2D eigenvalue weighted by Crippen LogP contribution is 2.20. The molecule has 0 bridgehead atoms. The summed E-state index contributed by atoms with van der Waals surface area (Å²) in [6.45, 7) is 7.66. The predicted octanol–water partition coefficient (Wildman–Crippen LogP) is 3.05. The summed E-state index contributed by atoms with van der Waals surface area (Å²) < 4.78 is 5.39. The van der Waals surface area contributed by atoms with Crippen LogP contribution >= 0.6 is 0 Å². The quantitative estimate of drug-likeness (QED) is 0.792. The van der Waals surface area contributed by atoms with Crippen molar-refractivity contribution >= 4 is 22.8 Å². The third kappa shape index (κ3) is 3.76. The number of carbonyl (C=O) groups is 1. The van der Waals surface area contributed by atoms with Gasteiger partial charge in [-0.2, -0.15) is 0 Å². The van der Waals surface area contributed by atoms with Crippen LogP contribution in [-0.4, -0.2) is 28.3 Å². The van der Waals surface area contributed by atoms with Crippen molar-refractivity contribution in [3.8, 4) is 0 Å². The van der Waals surface area contributed by atoms with Crippen LogP contribution in [0, 0.1) is 12.8 Å². The van der Waals surface area contributed by atoms with Crippen LogP contribution in [0.5, 0.6) is 0 Å². The van der Waals surface area contributed by atoms with Crippen LogP contribution in [0.25, 0.3) is 11.1 Å². The highest BCUT2D eigenvalue weighted by molar-refractivity contribution is 5.91. The molecule has 0 spiro atoms. The van der Waals surface area contributed by atoms with E-state index in [1.165, 1.54) is 0 Å². The standard InChI is InChI=1S/C16H23N3O3/c1-5-10(2)16(4,21)9-17-15(20)19-12-6-7-14-13(8-12)18-11(3)22-14/h6-8,10,21H,5,9H2,1-4H3,(H2,17,19,20). The lowest BCUT2D eigenvalue weighted by atomic mass is 9.89. The van der Waals surface area contributed by atoms with Crippen LogP contribution in [-0.2, 0) is 0 Å². The first kappa shape index (κ1) is 16.3. The fourth-order valence-corrected chi connectivity index (χ4v) is 2.17. The summed E-state index contributed by atoms with van der Waals surface area (Å²) in [5, 5.41) is 15.7.